The molecule has 0 bridgehead atoms. The number of hydrogen-bond donors (Lipinski definition) is 0. The zero-order valence-corrected chi connectivity index (χ0v) is 18.0. The first-order valence-corrected chi connectivity index (χ1v) is 11.1. The lowest BCUT2D eigenvalue weighted by atomic mass is 10.1. The van der Waals surface area contributed by atoms with Crippen LogP contribution in [-0.2, 0) is 14.4 Å². The highest BCUT2D eigenvalue weighted by atomic mass is 16.5. The summed E-state index contributed by atoms with van der Waals surface area (Å²) in [6, 6.07) is 17.3. The zero-order chi connectivity index (χ0) is 22.3. The van der Waals surface area contributed by atoms with E-state index in [0.717, 1.165) is 12.8 Å². The number of hydrogen-bond acceptors (Lipinski definition) is 5. The van der Waals surface area contributed by atoms with E-state index in [2.05, 4.69) is 0 Å². The Morgan fingerprint density at radius 3 is 1.88 bits per heavy atom. The number of ketones is 1. The van der Waals surface area contributed by atoms with Crippen molar-refractivity contribution < 1.29 is 23.9 Å². The molecule has 0 N–H and O–H groups in total. The standard InChI is InChI=1S/C25H28N2O5/c28-23(17-31-19-9-3-1-4-10-19)21-13-7-16-27(21)25(30)22-14-8-15-26(22)24(29)18-32-20-11-5-2-6-12-20/h1-6,9-12,21-22H,7-8,13-18H2/t21-,22-/m0/s1. The van der Waals surface area contributed by atoms with Gasteiger partial charge in [0, 0.05) is 13.1 Å². The van der Waals surface area contributed by atoms with Gasteiger partial charge in [0.2, 0.25) is 5.91 Å². The van der Waals surface area contributed by atoms with E-state index in [0.29, 0.717) is 37.4 Å². The van der Waals surface area contributed by atoms with Gasteiger partial charge in [-0.3, -0.25) is 14.4 Å². The average Bonchev–Trinajstić information content (AvgIpc) is 3.52. The van der Waals surface area contributed by atoms with Crippen molar-refractivity contribution in [2.24, 2.45) is 0 Å². The molecule has 7 heteroatoms. The number of Topliss-reactive ketones (excluding diaryl/α,β-unsaturated/α-hetero) is 1. The Kier molecular flexibility index (Phi) is 7.04. The van der Waals surface area contributed by atoms with Crippen molar-refractivity contribution in [1.82, 2.24) is 9.80 Å². The summed E-state index contributed by atoms with van der Waals surface area (Å²) in [5, 5.41) is 0. The van der Waals surface area contributed by atoms with Crippen LogP contribution in [0, 0.1) is 0 Å². The monoisotopic (exact) mass is 436 g/mol. The number of carbonyl (C=O) groups is 3. The van der Waals surface area contributed by atoms with E-state index in [-0.39, 0.29) is 30.8 Å². The highest BCUT2D eigenvalue weighted by Crippen LogP contribution is 2.26. The van der Waals surface area contributed by atoms with E-state index < -0.39 is 12.1 Å². The summed E-state index contributed by atoms with van der Waals surface area (Å²) in [6.07, 6.45) is 2.76. The molecule has 2 aromatic carbocycles. The number of para-hydroxylation sites is 2. The lowest BCUT2D eigenvalue weighted by molar-refractivity contribution is -0.147. The third-order valence-corrected chi connectivity index (χ3v) is 6.00. The number of likely N-dealkylation sites (tertiary alicyclic amines) is 2. The van der Waals surface area contributed by atoms with Gasteiger partial charge >= 0.3 is 0 Å². The molecule has 0 unspecified atom stereocenters. The predicted molar refractivity (Wildman–Crippen MR) is 118 cm³/mol. The summed E-state index contributed by atoms with van der Waals surface area (Å²) in [6.45, 7) is 0.869. The van der Waals surface area contributed by atoms with Crippen LogP contribution in [0.15, 0.2) is 60.7 Å². The van der Waals surface area contributed by atoms with Gasteiger partial charge in [0.25, 0.3) is 5.91 Å². The number of nitrogens with zero attached hydrogens (tertiary/aromatic N) is 2. The van der Waals surface area contributed by atoms with Crippen LogP contribution in [0.1, 0.15) is 25.7 Å². The Bertz CT molecular complexity index is 858. The minimum absolute atomic E-state index is 0.0727. The number of ether oxygens (including phenoxy) is 2. The quantitative estimate of drug-likeness (QED) is 0.636. The van der Waals surface area contributed by atoms with Gasteiger partial charge in [-0.05, 0) is 49.9 Å². The fraction of sp³-hybridized carbons (Fsp3) is 0.400. The van der Waals surface area contributed by atoms with Crippen LogP contribution < -0.4 is 9.47 Å². The van der Waals surface area contributed by atoms with Crippen molar-refractivity contribution in [1.29, 1.82) is 0 Å². The van der Waals surface area contributed by atoms with Crippen LogP contribution in [0.2, 0.25) is 0 Å². The van der Waals surface area contributed by atoms with Crippen molar-refractivity contribution in [3.05, 3.63) is 60.7 Å². The van der Waals surface area contributed by atoms with Crippen molar-refractivity contribution in [3.63, 3.8) is 0 Å². The van der Waals surface area contributed by atoms with E-state index >= 15 is 0 Å². The highest BCUT2D eigenvalue weighted by Gasteiger charge is 2.42. The lowest BCUT2D eigenvalue weighted by Gasteiger charge is -2.31. The first-order valence-electron chi connectivity index (χ1n) is 11.1. The molecule has 0 spiro atoms. The molecule has 32 heavy (non-hydrogen) atoms. The number of amides is 2. The molecular formula is C25H28N2O5. The molecule has 168 valence electrons. The molecule has 2 saturated heterocycles. The molecule has 2 heterocycles. The Morgan fingerprint density at radius 1 is 0.719 bits per heavy atom. The van der Waals surface area contributed by atoms with Crippen molar-refractivity contribution in [2.75, 3.05) is 26.3 Å². The van der Waals surface area contributed by atoms with Gasteiger partial charge in [-0.1, -0.05) is 36.4 Å². The summed E-state index contributed by atoms with van der Waals surface area (Å²) in [5.74, 6) is 0.780. The molecule has 2 aliphatic heterocycles. The maximum absolute atomic E-state index is 13.3. The minimum atomic E-state index is -0.537. The van der Waals surface area contributed by atoms with Gasteiger partial charge < -0.3 is 19.3 Å². The lowest BCUT2D eigenvalue weighted by Crippen LogP contribution is -2.52. The SMILES string of the molecule is O=C(COc1ccccc1)[C@@H]1CCCN1C(=O)[C@@H]1CCCN1C(=O)COc1ccccc1. The van der Waals surface area contributed by atoms with Crippen molar-refractivity contribution >= 4 is 17.6 Å². The molecule has 0 saturated carbocycles. The van der Waals surface area contributed by atoms with Gasteiger partial charge in [-0.25, -0.2) is 0 Å². The molecule has 0 aliphatic carbocycles. The van der Waals surface area contributed by atoms with Crippen molar-refractivity contribution in [2.45, 2.75) is 37.8 Å². The van der Waals surface area contributed by atoms with E-state index in [1.165, 1.54) is 0 Å². The van der Waals surface area contributed by atoms with Crippen LogP contribution >= 0.6 is 0 Å². The minimum Gasteiger partial charge on any atom is -0.486 e. The maximum atomic E-state index is 13.3. The second-order valence-electron chi connectivity index (χ2n) is 8.10. The molecule has 0 radical (unpaired) electrons. The first-order chi connectivity index (χ1) is 15.6. The fourth-order valence-electron chi connectivity index (χ4n) is 4.39. The third-order valence-electron chi connectivity index (χ3n) is 6.00. The van der Waals surface area contributed by atoms with Crippen LogP contribution in [0.4, 0.5) is 0 Å². The van der Waals surface area contributed by atoms with Crippen LogP contribution in [0.3, 0.4) is 0 Å². The summed E-state index contributed by atoms with van der Waals surface area (Å²) < 4.78 is 11.2. The maximum Gasteiger partial charge on any atom is 0.261 e. The molecule has 7 nitrogen and oxygen atoms in total. The normalized spacial score (nSPS) is 20.2. The largest absolute Gasteiger partial charge is 0.486 e. The topological polar surface area (TPSA) is 76.2 Å². The van der Waals surface area contributed by atoms with Crippen LogP contribution in [0.5, 0.6) is 11.5 Å². The Labute approximate surface area is 187 Å². The number of benzene rings is 2. The predicted octanol–water partition coefficient (Wildman–Crippen LogP) is 2.70. The summed E-state index contributed by atoms with van der Waals surface area (Å²) in [4.78, 5) is 42.1. The zero-order valence-electron chi connectivity index (χ0n) is 18.0. The van der Waals surface area contributed by atoms with E-state index in [4.69, 9.17) is 9.47 Å². The molecular weight excluding hydrogens is 408 g/mol. The highest BCUT2D eigenvalue weighted by molar-refractivity contribution is 5.94. The third kappa shape index (κ3) is 5.10. The van der Waals surface area contributed by atoms with Gasteiger partial charge in [0.15, 0.2) is 12.4 Å². The Morgan fingerprint density at radius 2 is 1.25 bits per heavy atom. The number of rotatable bonds is 8. The molecule has 2 aliphatic rings. The Hall–Kier alpha value is -3.35. The second kappa shape index (κ2) is 10.3. The van der Waals surface area contributed by atoms with Gasteiger partial charge in [0.1, 0.15) is 24.1 Å². The van der Waals surface area contributed by atoms with E-state index in [1.807, 2.05) is 36.4 Å². The average molecular weight is 437 g/mol. The second-order valence-corrected chi connectivity index (χ2v) is 8.10. The van der Waals surface area contributed by atoms with E-state index in [9.17, 15) is 14.4 Å². The summed E-state index contributed by atoms with van der Waals surface area (Å²) in [7, 11) is 0. The molecule has 2 fully saturated rings. The van der Waals surface area contributed by atoms with Gasteiger partial charge in [0.05, 0.1) is 6.04 Å². The smallest absolute Gasteiger partial charge is 0.261 e. The van der Waals surface area contributed by atoms with E-state index in [1.54, 1.807) is 34.1 Å². The first kappa shape index (κ1) is 21.9. The van der Waals surface area contributed by atoms with Crippen LogP contribution in [0.25, 0.3) is 0 Å². The Balaban J connectivity index is 1.35. The fourth-order valence-corrected chi connectivity index (χ4v) is 4.39. The molecule has 4 rings (SSSR count). The summed E-state index contributed by atoms with van der Waals surface area (Å²) >= 11 is 0. The van der Waals surface area contributed by atoms with Crippen molar-refractivity contribution in [3.8, 4) is 11.5 Å². The van der Waals surface area contributed by atoms with Gasteiger partial charge in [-0.2, -0.15) is 0 Å². The summed E-state index contributed by atoms with van der Waals surface area (Å²) in [5.41, 5.74) is 0. The molecule has 2 atom stereocenters. The molecule has 2 aromatic rings. The van der Waals surface area contributed by atoms with Gasteiger partial charge in [-0.15, -0.1) is 0 Å². The number of carbonyl (C=O) groups excluding carboxylic acids is 3. The molecule has 2 amide bonds. The van der Waals surface area contributed by atoms with Crippen LogP contribution in [-0.4, -0.2) is 65.8 Å². The molecule has 0 aromatic heterocycles.